The number of rotatable bonds is 4. The van der Waals surface area contributed by atoms with Crippen LogP contribution in [0.5, 0.6) is 0 Å². The van der Waals surface area contributed by atoms with Crippen LogP contribution in [0.1, 0.15) is 24.8 Å². The highest BCUT2D eigenvalue weighted by atomic mass is 35.5. The van der Waals surface area contributed by atoms with Crippen LogP contribution in [0.2, 0.25) is 10.0 Å². The lowest BCUT2D eigenvalue weighted by molar-refractivity contribution is 0.494. The molecule has 2 unspecified atom stereocenters. The minimum atomic E-state index is 0.344. The van der Waals surface area contributed by atoms with Crippen LogP contribution in [0.3, 0.4) is 0 Å². The van der Waals surface area contributed by atoms with Gasteiger partial charge in [0.25, 0.3) is 0 Å². The molecule has 0 spiro atoms. The van der Waals surface area contributed by atoms with Gasteiger partial charge in [-0.2, -0.15) is 0 Å². The molecule has 0 radical (unpaired) electrons. The van der Waals surface area contributed by atoms with Crippen molar-refractivity contribution in [1.29, 1.82) is 0 Å². The molecular formula is C13H16Cl3N. The van der Waals surface area contributed by atoms with Crippen molar-refractivity contribution in [2.45, 2.75) is 31.2 Å². The number of halogens is 3. The molecule has 0 aromatic heterocycles. The SMILES string of the molecule is Clc1ccc(CNCC2CCCC2Cl)cc1Cl. The fourth-order valence-corrected chi connectivity index (χ4v) is 2.96. The molecule has 17 heavy (non-hydrogen) atoms. The monoisotopic (exact) mass is 291 g/mol. The van der Waals surface area contributed by atoms with Crippen molar-refractivity contribution in [3.63, 3.8) is 0 Å². The first kappa shape index (κ1) is 13.5. The van der Waals surface area contributed by atoms with Crippen LogP contribution in [0.15, 0.2) is 18.2 Å². The zero-order valence-corrected chi connectivity index (χ0v) is 11.8. The van der Waals surface area contributed by atoms with Crippen LogP contribution in [0.4, 0.5) is 0 Å². The second kappa shape index (κ2) is 6.29. The molecule has 4 heteroatoms. The van der Waals surface area contributed by atoms with E-state index in [2.05, 4.69) is 5.32 Å². The topological polar surface area (TPSA) is 12.0 Å². The summed E-state index contributed by atoms with van der Waals surface area (Å²) >= 11 is 18.1. The third-order valence-corrected chi connectivity index (χ3v) is 4.60. The second-order valence-corrected chi connectivity index (χ2v) is 5.96. The fourth-order valence-electron chi connectivity index (χ4n) is 2.27. The van der Waals surface area contributed by atoms with E-state index in [0.717, 1.165) is 25.1 Å². The Balaban J connectivity index is 1.79. The standard InChI is InChI=1S/C13H16Cl3N/c14-11-3-1-2-10(11)8-17-7-9-4-5-12(15)13(16)6-9/h4-6,10-11,17H,1-3,7-8H2. The average Bonchev–Trinajstić information content (AvgIpc) is 2.70. The van der Waals surface area contributed by atoms with Crippen LogP contribution in [0, 0.1) is 5.92 Å². The number of hydrogen-bond acceptors (Lipinski definition) is 1. The van der Waals surface area contributed by atoms with Crippen molar-refractivity contribution in [2.75, 3.05) is 6.54 Å². The summed E-state index contributed by atoms with van der Waals surface area (Å²) in [6, 6.07) is 5.73. The van der Waals surface area contributed by atoms with Crippen LogP contribution < -0.4 is 5.32 Å². The first-order chi connectivity index (χ1) is 8.16. The van der Waals surface area contributed by atoms with Crippen molar-refractivity contribution in [3.8, 4) is 0 Å². The Morgan fingerprint density at radius 1 is 1.18 bits per heavy atom. The molecular weight excluding hydrogens is 277 g/mol. The Hall–Kier alpha value is 0.0500. The number of benzene rings is 1. The molecule has 0 heterocycles. The highest BCUT2D eigenvalue weighted by Crippen LogP contribution is 2.29. The molecule has 1 aromatic rings. The Morgan fingerprint density at radius 3 is 2.65 bits per heavy atom. The van der Waals surface area contributed by atoms with Gasteiger partial charge in [-0.25, -0.2) is 0 Å². The maximum absolute atomic E-state index is 6.23. The average molecular weight is 293 g/mol. The van der Waals surface area contributed by atoms with Gasteiger partial charge in [0.05, 0.1) is 10.0 Å². The molecule has 1 aliphatic rings. The number of hydrogen-bond donors (Lipinski definition) is 1. The van der Waals surface area contributed by atoms with Gasteiger partial charge in [0, 0.05) is 11.9 Å². The van der Waals surface area contributed by atoms with Crippen LogP contribution in [-0.4, -0.2) is 11.9 Å². The fraction of sp³-hybridized carbons (Fsp3) is 0.538. The van der Waals surface area contributed by atoms with Crippen molar-refractivity contribution in [3.05, 3.63) is 33.8 Å². The van der Waals surface area contributed by atoms with Gasteiger partial charge in [0.15, 0.2) is 0 Å². The van der Waals surface area contributed by atoms with E-state index in [1.165, 1.54) is 12.8 Å². The number of nitrogens with one attached hydrogen (secondary N) is 1. The first-order valence-electron chi connectivity index (χ1n) is 5.95. The van der Waals surface area contributed by atoms with Crippen molar-refractivity contribution in [2.24, 2.45) is 5.92 Å². The maximum atomic E-state index is 6.23. The Bertz CT molecular complexity index is 381. The van der Waals surface area contributed by atoms with E-state index in [0.29, 0.717) is 21.3 Å². The maximum Gasteiger partial charge on any atom is 0.0595 e. The highest BCUT2D eigenvalue weighted by Gasteiger charge is 2.24. The van der Waals surface area contributed by atoms with Crippen molar-refractivity contribution >= 4 is 34.8 Å². The molecule has 0 saturated heterocycles. The Kier molecular flexibility index (Phi) is 4.98. The minimum absolute atomic E-state index is 0.344. The lowest BCUT2D eigenvalue weighted by Crippen LogP contribution is -2.25. The molecule has 0 amide bonds. The zero-order valence-electron chi connectivity index (χ0n) is 9.56. The van der Waals surface area contributed by atoms with Gasteiger partial charge in [-0.1, -0.05) is 35.7 Å². The molecule has 1 aliphatic carbocycles. The summed E-state index contributed by atoms with van der Waals surface area (Å²) in [5, 5.41) is 5.00. The van der Waals surface area contributed by atoms with E-state index in [9.17, 15) is 0 Å². The van der Waals surface area contributed by atoms with Gasteiger partial charge in [0.1, 0.15) is 0 Å². The van der Waals surface area contributed by atoms with Crippen LogP contribution in [0.25, 0.3) is 0 Å². The molecule has 1 fully saturated rings. The molecule has 2 atom stereocenters. The van der Waals surface area contributed by atoms with E-state index >= 15 is 0 Å². The predicted octanol–water partition coefficient (Wildman–Crippen LogP) is 4.49. The smallest absolute Gasteiger partial charge is 0.0595 e. The molecule has 0 bridgehead atoms. The van der Waals surface area contributed by atoms with Crippen molar-refractivity contribution in [1.82, 2.24) is 5.32 Å². The second-order valence-electron chi connectivity index (χ2n) is 4.59. The summed E-state index contributed by atoms with van der Waals surface area (Å²) in [6.07, 6.45) is 3.65. The molecule has 1 aromatic carbocycles. The van der Waals surface area contributed by atoms with Gasteiger partial charge in [-0.3, -0.25) is 0 Å². The molecule has 1 nitrogen and oxygen atoms in total. The van der Waals surface area contributed by atoms with Gasteiger partial charge in [0.2, 0.25) is 0 Å². The quantitative estimate of drug-likeness (QED) is 0.806. The third kappa shape index (κ3) is 3.75. The summed E-state index contributed by atoms with van der Waals surface area (Å²) in [7, 11) is 0. The molecule has 1 saturated carbocycles. The summed E-state index contributed by atoms with van der Waals surface area (Å²) in [5.74, 6) is 0.611. The highest BCUT2D eigenvalue weighted by molar-refractivity contribution is 6.42. The largest absolute Gasteiger partial charge is 0.312 e. The van der Waals surface area contributed by atoms with Crippen LogP contribution >= 0.6 is 34.8 Å². The van der Waals surface area contributed by atoms with Gasteiger partial charge in [-0.15, -0.1) is 11.6 Å². The molecule has 2 rings (SSSR count). The Morgan fingerprint density at radius 2 is 2.00 bits per heavy atom. The Labute approximate surface area is 117 Å². The van der Waals surface area contributed by atoms with Gasteiger partial charge < -0.3 is 5.32 Å². The molecule has 1 N–H and O–H groups in total. The first-order valence-corrected chi connectivity index (χ1v) is 7.15. The van der Waals surface area contributed by atoms with E-state index in [1.807, 2.05) is 18.2 Å². The minimum Gasteiger partial charge on any atom is -0.312 e. The molecule has 0 aliphatic heterocycles. The van der Waals surface area contributed by atoms with Gasteiger partial charge >= 0.3 is 0 Å². The van der Waals surface area contributed by atoms with E-state index in [-0.39, 0.29) is 0 Å². The molecule has 94 valence electrons. The van der Waals surface area contributed by atoms with E-state index < -0.39 is 0 Å². The third-order valence-electron chi connectivity index (χ3n) is 3.29. The van der Waals surface area contributed by atoms with E-state index in [1.54, 1.807) is 0 Å². The van der Waals surface area contributed by atoms with E-state index in [4.69, 9.17) is 34.8 Å². The lowest BCUT2D eigenvalue weighted by Gasteiger charge is -2.14. The lowest BCUT2D eigenvalue weighted by atomic mass is 10.1. The van der Waals surface area contributed by atoms with Crippen LogP contribution in [-0.2, 0) is 6.54 Å². The summed E-state index contributed by atoms with van der Waals surface area (Å²) in [5.41, 5.74) is 1.16. The normalized spacial score (nSPS) is 24.2. The summed E-state index contributed by atoms with van der Waals surface area (Å²) in [4.78, 5) is 0. The number of alkyl halides is 1. The van der Waals surface area contributed by atoms with Gasteiger partial charge in [-0.05, 0) is 43.0 Å². The van der Waals surface area contributed by atoms with Crippen molar-refractivity contribution < 1.29 is 0 Å². The summed E-state index contributed by atoms with van der Waals surface area (Å²) in [6.45, 7) is 1.80. The zero-order chi connectivity index (χ0) is 12.3. The summed E-state index contributed by atoms with van der Waals surface area (Å²) < 4.78 is 0. The predicted molar refractivity (Wildman–Crippen MR) is 75.2 cm³/mol.